The maximum atomic E-state index is 12.8. The van der Waals surface area contributed by atoms with Crippen LogP contribution in [0.2, 0.25) is 0 Å². The first kappa shape index (κ1) is 17.2. The van der Waals surface area contributed by atoms with E-state index in [1.165, 1.54) is 12.8 Å². The molecule has 0 bridgehead atoms. The second kappa shape index (κ2) is 6.81. The standard InChI is InChI=1S/C19H24N4O3/c20-15(11-4-5-11)9-21-8-12-2-1-3-13-14(12)10-23(19(13)26)16-6-7-17(24)22-18(16)25/h1-3,11,15-16,21H,4-10,20H2,(H,22,24,25)/t15-,16?/m1/s1. The van der Waals surface area contributed by atoms with E-state index in [1.54, 1.807) is 4.90 Å². The van der Waals surface area contributed by atoms with E-state index in [0.29, 0.717) is 31.0 Å². The van der Waals surface area contributed by atoms with Crippen LogP contribution in [-0.4, -0.2) is 41.2 Å². The molecule has 0 aromatic heterocycles. The lowest BCUT2D eigenvalue weighted by Gasteiger charge is -2.29. The first-order chi connectivity index (χ1) is 12.5. The third-order valence-electron chi connectivity index (χ3n) is 5.60. The molecule has 2 heterocycles. The molecule has 26 heavy (non-hydrogen) atoms. The molecule has 0 spiro atoms. The molecule has 4 rings (SSSR count). The number of nitrogens with two attached hydrogens (primary N) is 1. The number of carbonyl (C=O) groups is 3. The Balaban J connectivity index is 1.45. The van der Waals surface area contributed by atoms with Gasteiger partial charge in [-0.3, -0.25) is 19.7 Å². The highest BCUT2D eigenvalue weighted by Gasteiger charge is 2.39. The Morgan fingerprint density at radius 3 is 2.77 bits per heavy atom. The summed E-state index contributed by atoms with van der Waals surface area (Å²) in [6.45, 7) is 1.83. The van der Waals surface area contributed by atoms with E-state index < -0.39 is 6.04 Å². The third-order valence-corrected chi connectivity index (χ3v) is 5.60. The zero-order valence-electron chi connectivity index (χ0n) is 14.7. The van der Waals surface area contributed by atoms with Gasteiger partial charge in [0.2, 0.25) is 11.8 Å². The van der Waals surface area contributed by atoms with Crippen molar-refractivity contribution in [2.24, 2.45) is 11.7 Å². The van der Waals surface area contributed by atoms with Gasteiger partial charge in [-0.1, -0.05) is 12.1 Å². The van der Waals surface area contributed by atoms with Crippen LogP contribution < -0.4 is 16.4 Å². The Bertz CT molecular complexity index is 759. The van der Waals surface area contributed by atoms with E-state index in [2.05, 4.69) is 10.6 Å². The van der Waals surface area contributed by atoms with Crippen molar-refractivity contribution in [1.29, 1.82) is 0 Å². The number of nitrogens with one attached hydrogen (secondary N) is 2. The summed E-state index contributed by atoms with van der Waals surface area (Å²) in [6.07, 6.45) is 3.09. The van der Waals surface area contributed by atoms with Crippen LogP contribution in [0, 0.1) is 5.92 Å². The van der Waals surface area contributed by atoms with Gasteiger partial charge < -0.3 is 16.0 Å². The monoisotopic (exact) mass is 356 g/mol. The minimum Gasteiger partial charge on any atom is -0.326 e. The molecule has 7 nitrogen and oxygen atoms in total. The molecule has 138 valence electrons. The van der Waals surface area contributed by atoms with Crippen LogP contribution in [0.5, 0.6) is 0 Å². The van der Waals surface area contributed by atoms with Crippen molar-refractivity contribution in [1.82, 2.24) is 15.5 Å². The van der Waals surface area contributed by atoms with Crippen LogP contribution in [0.1, 0.15) is 47.2 Å². The lowest BCUT2D eigenvalue weighted by atomic mass is 10.0. The van der Waals surface area contributed by atoms with E-state index in [9.17, 15) is 14.4 Å². The zero-order valence-corrected chi connectivity index (χ0v) is 14.7. The van der Waals surface area contributed by atoms with E-state index in [-0.39, 0.29) is 30.2 Å². The van der Waals surface area contributed by atoms with E-state index in [0.717, 1.165) is 17.7 Å². The normalized spacial score (nSPS) is 23.8. The number of nitrogens with zero attached hydrogens (tertiary/aromatic N) is 1. The Morgan fingerprint density at radius 2 is 2.04 bits per heavy atom. The SMILES string of the molecule is N[C@H](CNCc1cccc2c1CN(C1CCC(=O)NC1=O)C2=O)C1CC1. The Kier molecular flexibility index (Phi) is 4.50. The lowest BCUT2D eigenvalue weighted by Crippen LogP contribution is -2.52. The maximum Gasteiger partial charge on any atom is 0.255 e. The van der Waals surface area contributed by atoms with Crippen LogP contribution in [0.3, 0.4) is 0 Å². The fraction of sp³-hybridized carbons (Fsp3) is 0.526. The number of carbonyl (C=O) groups excluding carboxylic acids is 3. The molecular weight excluding hydrogens is 332 g/mol. The molecule has 0 radical (unpaired) electrons. The highest BCUT2D eigenvalue weighted by Crippen LogP contribution is 2.32. The predicted octanol–water partition coefficient (Wildman–Crippen LogP) is 0.274. The van der Waals surface area contributed by atoms with Gasteiger partial charge in [-0.15, -0.1) is 0 Å². The molecule has 3 amide bonds. The first-order valence-corrected chi connectivity index (χ1v) is 9.26. The highest BCUT2D eigenvalue weighted by molar-refractivity contribution is 6.05. The largest absolute Gasteiger partial charge is 0.326 e. The second-order valence-corrected chi connectivity index (χ2v) is 7.48. The van der Waals surface area contributed by atoms with Gasteiger partial charge in [0.1, 0.15) is 6.04 Å². The minimum absolute atomic E-state index is 0.133. The number of piperidine rings is 1. The molecule has 3 aliphatic rings. The number of hydrogen-bond donors (Lipinski definition) is 3. The summed E-state index contributed by atoms with van der Waals surface area (Å²) in [4.78, 5) is 37.9. The van der Waals surface area contributed by atoms with E-state index in [1.807, 2.05) is 18.2 Å². The Hall–Kier alpha value is -2.25. The first-order valence-electron chi connectivity index (χ1n) is 9.26. The summed E-state index contributed by atoms with van der Waals surface area (Å²) >= 11 is 0. The fourth-order valence-corrected chi connectivity index (χ4v) is 3.88. The molecule has 1 saturated heterocycles. The number of rotatable bonds is 6. The molecule has 2 fully saturated rings. The molecule has 1 aromatic rings. The molecule has 1 unspecified atom stereocenters. The van der Waals surface area contributed by atoms with Gasteiger partial charge in [-0.2, -0.15) is 0 Å². The summed E-state index contributed by atoms with van der Waals surface area (Å²) in [5.74, 6) is -0.135. The maximum absolute atomic E-state index is 12.8. The van der Waals surface area contributed by atoms with Crippen LogP contribution >= 0.6 is 0 Å². The van der Waals surface area contributed by atoms with Crippen molar-refractivity contribution in [3.63, 3.8) is 0 Å². The van der Waals surface area contributed by atoms with Gasteiger partial charge in [-0.05, 0) is 42.4 Å². The van der Waals surface area contributed by atoms with Crippen LogP contribution in [0.15, 0.2) is 18.2 Å². The summed E-state index contributed by atoms with van der Waals surface area (Å²) < 4.78 is 0. The minimum atomic E-state index is -0.573. The fourth-order valence-electron chi connectivity index (χ4n) is 3.88. The topological polar surface area (TPSA) is 105 Å². The third kappa shape index (κ3) is 3.24. The molecule has 4 N–H and O–H groups in total. The molecule has 1 aliphatic carbocycles. The van der Waals surface area contributed by atoms with Gasteiger partial charge in [-0.25, -0.2) is 0 Å². The Labute approximate surface area is 152 Å². The van der Waals surface area contributed by atoms with Crippen molar-refractivity contribution in [3.8, 4) is 0 Å². The van der Waals surface area contributed by atoms with Gasteiger partial charge in [0.05, 0.1) is 0 Å². The number of hydrogen-bond acceptors (Lipinski definition) is 5. The number of benzene rings is 1. The summed E-state index contributed by atoms with van der Waals surface area (Å²) in [5.41, 5.74) is 8.81. The Morgan fingerprint density at radius 1 is 1.23 bits per heavy atom. The van der Waals surface area contributed by atoms with Gasteiger partial charge >= 0.3 is 0 Å². The van der Waals surface area contributed by atoms with E-state index in [4.69, 9.17) is 5.73 Å². The van der Waals surface area contributed by atoms with Gasteiger partial charge in [0.15, 0.2) is 0 Å². The van der Waals surface area contributed by atoms with Gasteiger partial charge in [0.25, 0.3) is 5.91 Å². The average molecular weight is 356 g/mol. The molecular formula is C19H24N4O3. The second-order valence-electron chi connectivity index (χ2n) is 7.48. The van der Waals surface area contributed by atoms with Crippen molar-refractivity contribution < 1.29 is 14.4 Å². The van der Waals surface area contributed by atoms with Crippen molar-refractivity contribution in [2.45, 2.75) is 50.9 Å². The molecule has 1 saturated carbocycles. The molecule has 1 aromatic carbocycles. The molecule has 2 aliphatic heterocycles. The summed E-state index contributed by atoms with van der Waals surface area (Å²) in [5, 5.41) is 5.73. The smallest absolute Gasteiger partial charge is 0.255 e. The van der Waals surface area contributed by atoms with Crippen LogP contribution in [0.4, 0.5) is 0 Å². The summed E-state index contributed by atoms with van der Waals surface area (Å²) in [7, 11) is 0. The molecule has 2 atom stereocenters. The van der Waals surface area contributed by atoms with Crippen molar-refractivity contribution in [3.05, 3.63) is 34.9 Å². The number of fused-ring (bicyclic) bond motifs is 1. The van der Waals surface area contributed by atoms with E-state index >= 15 is 0 Å². The number of amides is 3. The molecule has 7 heteroatoms. The average Bonchev–Trinajstić information content (AvgIpc) is 3.41. The highest BCUT2D eigenvalue weighted by atomic mass is 16.2. The lowest BCUT2D eigenvalue weighted by molar-refractivity contribution is -0.136. The quantitative estimate of drug-likeness (QED) is 0.635. The van der Waals surface area contributed by atoms with Crippen molar-refractivity contribution >= 4 is 17.7 Å². The van der Waals surface area contributed by atoms with Crippen molar-refractivity contribution in [2.75, 3.05) is 6.54 Å². The zero-order chi connectivity index (χ0) is 18.3. The number of imide groups is 1. The van der Waals surface area contributed by atoms with Gasteiger partial charge in [0, 0.05) is 37.7 Å². The van der Waals surface area contributed by atoms with Crippen LogP contribution in [-0.2, 0) is 22.7 Å². The summed E-state index contributed by atoms with van der Waals surface area (Å²) in [6, 6.07) is 5.31. The van der Waals surface area contributed by atoms with Crippen LogP contribution in [0.25, 0.3) is 0 Å². The predicted molar refractivity (Wildman–Crippen MR) is 94.9 cm³/mol.